The molecule has 3 atom stereocenters. The summed E-state index contributed by atoms with van der Waals surface area (Å²) in [5.74, 6) is 1.19. The molecule has 5 nitrogen and oxygen atoms in total. The highest BCUT2D eigenvalue weighted by atomic mass is 16.7. The van der Waals surface area contributed by atoms with Crippen LogP contribution in [0.5, 0.6) is 11.5 Å². The van der Waals surface area contributed by atoms with Crippen LogP contribution in [0.1, 0.15) is 43.3 Å². The Balaban J connectivity index is 1.48. The molecule has 4 aromatic rings. The Kier molecular flexibility index (Phi) is 3.73. The molecule has 2 spiro atoms. The lowest BCUT2D eigenvalue weighted by Crippen LogP contribution is -2.57. The van der Waals surface area contributed by atoms with Gasteiger partial charge < -0.3 is 9.47 Å². The third-order valence-electron chi connectivity index (χ3n) is 9.08. The number of para-hydroxylation sites is 1. The Morgan fingerprint density at radius 3 is 2.47 bits per heavy atom. The maximum atomic E-state index is 14.8. The second-order valence-corrected chi connectivity index (χ2v) is 10.4. The molecule has 0 aromatic heterocycles. The minimum atomic E-state index is -1.11. The van der Waals surface area contributed by atoms with Crippen molar-refractivity contribution in [2.45, 2.75) is 17.9 Å². The van der Waals surface area contributed by atoms with E-state index >= 15 is 0 Å². The molecule has 176 valence electrons. The molecule has 4 aliphatic rings. The van der Waals surface area contributed by atoms with Gasteiger partial charge in [0.25, 0.3) is 0 Å². The van der Waals surface area contributed by atoms with Gasteiger partial charge in [-0.25, -0.2) is 0 Å². The second-order valence-electron chi connectivity index (χ2n) is 10.4. The van der Waals surface area contributed by atoms with Crippen LogP contribution >= 0.6 is 0 Å². The minimum absolute atomic E-state index is 0.0187. The third kappa shape index (κ3) is 2.05. The van der Waals surface area contributed by atoms with Crippen molar-refractivity contribution in [3.63, 3.8) is 0 Å². The molecule has 5 heteroatoms. The number of hydrogen-bond acceptors (Lipinski definition) is 5. The Morgan fingerprint density at radius 2 is 1.61 bits per heavy atom. The first-order valence-corrected chi connectivity index (χ1v) is 12.4. The van der Waals surface area contributed by atoms with E-state index in [-0.39, 0.29) is 24.3 Å². The Morgan fingerprint density at radius 1 is 0.833 bits per heavy atom. The van der Waals surface area contributed by atoms with Gasteiger partial charge in [-0.2, -0.15) is 0 Å². The zero-order chi connectivity index (χ0) is 24.2. The van der Waals surface area contributed by atoms with Gasteiger partial charge >= 0.3 is 0 Å². The molecule has 8 rings (SSSR count). The molecule has 0 radical (unpaired) electrons. The summed E-state index contributed by atoms with van der Waals surface area (Å²) in [6.07, 6.45) is 0.498. The van der Waals surface area contributed by atoms with Crippen molar-refractivity contribution < 1.29 is 19.1 Å². The second kappa shape index (κ2) is 6.62. The number of carbonyl (C=O) groups is 2. The number of likely N-dealkylation sites (tertiary alicyclic amines) is 1. The van der Waals surface area contributed by atoms with Crippen molar-refractivity contribution in [2.75, 3.05) is 20.4 Å². The van der Waals surface area contributed by atoms with Gasteiger partial charge in [-0.05, 0) is 41.4 Å². The molecule has 0 unspecified atom stereocenters. The molecule has 4 aromatic carbocycles. The van der Waals surface area contributed by atoms with Crippen LogP contribution in [0, 0.1) is 5.41 Å². The summed E-state index contributed by atoms with van der Waals surface area (Å²) >= 11 is 0. The molecular weight excluding hydrogens is 450 g/mol. The zero-order valence-corrected chi connectivity index (χ0v) is 19.8. The van der Waals surface area contributed by atoms with E-state index in [2.05, 4.69) is 11.0 Å². The third-order valence-corrected chi connectivity index (χ3v) is 9.08. The zero-order valence-electron chi connectivity index (χ0n) is 19.8. The van der Waals surface area contributed by atoms with Gasteiger partial charge in [0, 0.05) is 29.2 Å². The predicted molar refractivity (Wildman–Crippen MR) is 135 cm³/mol. The fourth-order valence-corrected chi connectivity index (χ4v) is 7.81. The number of ketones is 2. The molecular formula is C31H23NO4. The maximum Gasteiger partial charge on any atom is 0.231 e. The molecule has 0 saturated carbocycles. The average Bonchev–Trinajstić information content (AvgIpc) is 3.62. The van der Waals surface area contributed by atoms with Crippen LogP contribution in [0.3, 0.4) is 0 Å². The number of nitrogens with zero attached hydrogens (tertiary/aromatic N) is 1. The number of carbonyl (C=O) groups excluding carboxylic acids is 2. The van der Waals surface area contributed by atoms with Crippen LogP contribution < -0.4 is 9.47 Å². The average molecular weight is 474 g/mol. The van der Waals surface area contributed by atoms with Crippen LogP contribution in [0.2, 0.25) is 0 Å². The number of fused-ring (bicyclic) bond motifs is 4. The van der Waals surface area contributed by atoms with Crippen molar-refractivity contribution >= 4 is 22.3 Å². The molecule has 1 fully saturated rings. The smallest absolute Gasteiger partial charge is 0.231 e. The van der Waals surface area contributed by atoms with Crippen molar-refractivity contribution in [1.82, 2.24) is 4.90 Å². The van der Waals surface area contributed by atoms with Crippen LogP contribution in [0.25, 0.3) is 10.8 Å². The van der Waals surface area contributed by atoms with Crippen molar-refractivity contribution in [2.24, 2.45) is 5.41 Å². The molecule has 2 aliphatic carbocycles. The lowest BCUT2D eigenvalue weighted by molar-refractivity contribution is 0.0341. The van der Waals surface area contributed by atoms with E-state index in [1.165, 1.54) is 0 Å². The Labute approximate surface area is 208 Å². The highest BCUT2D eigenvalue weighted by Gasteiger charge is 2.75. The molecule has 0 amide bonds. The SMILES string of the molecule is CN1C[C@H](c2cccc3c2OCO3)[C@]2(Cc3ccccc3C2=O)[C@]12C(=O)c1cccc3cccc2c13. The molecule has 1 saturated heterocycles. The van der Waals surface area contributed by atoms with Crippen molar-refractivity contribution in [1.29, 1.82) is 0 Å². The van der Waals surface area contributed by atoms with E-state index in [4.69, 9.17) is 9.47 Å². The lowest BCUT2D eigenvalue weighted by Gasteiger charge is -2.44. The number of rotatable bonds is 1. The van der Waals surface area contributed by atoms with Crippen molar-refractivity contribution in [3.8, 4) is 11.5 Å². The molecule has 2 aliphatic heterocycles. The van der Waals surface area contributed by atoms with Crippen LogP contribution in [0.4, 0.5) is 0 Å². The standard InChI is InChI=1S/C31H23NO4/c1-32-16-24(21-11-6-14-25-27(21)36-17-35-25)30(15-19-7-2-3-10-20(19)28(30)33)31(32)23-13-5-9-18-8-4-12-22(26(18)23)29(31)34/h2-14,24H,15-17H2,1H3/t24-,30+,31+/m1/s1. The van der Waals surface area contributed by atoms with Crippen LogP contribution in [-0.4, -0.2) is 36.9 Å². The quantitative estimate of drug-likeness (QED) is 0.384. The van der Waals surface area contributed by atoms with Gasteiger partial charge in [0.15, 0.2) is 23.1 Å². The summed E-state index contributed by atoms with van der Waals surface area (Å²) in [6.45, 7) is 0.709. The van der Waals surface area contributed by atoms with Gasteiger partial charge in [-0.3, -0.25) is 14.5 Å². The predicted octanol–water partition coefficient (Wildman–Crippen LogP) is 5.11. The summed E-state index contributed by atoms with van der Waals surface area (Å²) < 4.78 is 11.7. The summed E-state index contributed by atoms with van der Waals surface area (Å²) in [7, 11) is 2.00. The highest BCUT2D eigenvalue weighted by molar-refractivity contribution is 6.24. The normalized spacial score (nSPS) is 27.6. The summed E-state index contributed by atoms with van der Waals surface area (Å²) in [5.41, 5.74) is 2.18. The number of hydrogen-bond donors (Lipinski definition) is 0. The maximum absolute atomic E-state index is 14.8. The van der Waals surface area contributed by atoms with E-state index in [0.717, 1.165) is 33.0 Å². The van der Waals surface area contributed by atoms with E-state index in [1.54, 1.807) is 0 Å². The van der Waals surface area contributed by atoms with Crippen molar-refractivity contribution in [3.05, 3.63) is 107 Å². The van der Waals surface area contributed by atoms with Gasteiger partial charge in [0.2, 0.25) is 6.79 Å². The summed E-state index contributed by atoms with van der Waals surface area (Å²) in [4.78, 5) is 31.7. The van der Waals surface area contributed by atoms with Gasteiger partial charge in [0.05, 0.1) is 5.41 Å². The Bertz CT molecular complexity index is 1650. The Hall–Kier alpha value is -3.96. The molecule has 0 bridgehead atoms. The van der Waals surface area contributed by atoms with Gasteiger partial charge in [-0.1, -0.05) is 72.8 Å². The first-order valence-electron chi connectivity index (χ1n) is 12.4. The van der Waals surface area contributed by atoms with Gasteiger partial charge in [0.1, 0.15) is 5.54 Å². The minimum Gasteiger partial charge on any atom is -0.454 e. The number of benzene rings is 4. The van der Waals surface area contributed by atoms with Crippen LogP contribution in [0.15, 0.2) is 78.9 Å². The van der Waals surface area contributed by atoms with E-state index in [9.17, 15) is 9.59 Å². The highest BCUT2D eigenvalue weighted by Crippen LogP contribution is 2.68. The summed E-state index contributed by atoms with van der Waals surface area (Å²) in [5, 5.41) is 2.00. The molecule has 2 heterocycles. The number of ether oxygens (including phenoxy) is 2. The largest absolute Gasteiger partial charge is 0.454 e. The number of likely N-dealkylation sites (N-methyl/N-ethyl adjacent to an activating group) is 1. The fraction of sp³-hybridized carbons (Fsp3) is 0.226. The molecule has 0 N–H and O–H groups in total. The van der Waals surface area contributed by atoms with Gasteiger partial charge in [-0.15, -0.1) is 0 Å². The monoisotopic (exact) mass is 473 g/mol. The molecule has 36 heavy (non-hydrogen) atoms. The van der Waals surface area contributed by atoms with E-state index < -0.39 is 11.0 Å². The lowest BCUT2D eigenvalue weighted by atomic mass is 9.58. The fourth-order valence-electron chi connectivity index (χ4n) is 7.81. The first kappa shape index (κ1) is 20.3. The van der Waals surface area contributed by atoms with E-state index in [0.29, 0.717) is 30.0 Å². The summed E-state index contributed by atoms with van der Waals surface area (Å²) in [6, 6.07) is 25.8. The van der Waals surface area contributed by atoms with E-state index in [1.807, 2.05) is 79.8 Å². The number of Topliss-reactive ketones (excluding diaryl/α,β-unsaturated/α-hetero) is 2. The first-order chi connectivity index (χ1) is 17.6. The topological polar surface area (TPSA) is 55.8 Å². The van der Waals surface area contributed by atoms with Crippen LogP contribution in [-0.2, 0) is 12.0 Å².